The summed E-state index contributed by atoms with van der Waals surface area (Å²) in [5.74, 6) is -0.231. The summed E-state index contributed by atoms with van der Waals surface area (Å²) in [6.07, 6.45) is 3.09. The Morgan fingerprint density at radius 2 is 2.22 bits per heavy atom. The lowest BCUT2D eigenvalue weighted by Crippen LogP contribution is -2.47. The summed E-state index contributed by atoms with van der Waals surface area (Å²) in [5.41, 5.74) is 5.41. The normalized spacial score (nSPS) is 14.0. The van der Waals surface area contributed by atoms with Crippen LogP contribution in [0.1, 0.15) is 37.0 Å². The van der Waals surface area contributed by atoms with Crippen LogP contribution in [0.25, 0.3) is 0 Å². The van der Waals surface area contributed by atoms with Crippen LogP contribution in [0.2, 0.25) is 0 Å². The van der Waals surface area contributed by atoms with Crippen molar-refractivity contribution < 1.29 is 4.79 Å². The molecule has 5 heteroatoms. The van der Waals surface area contributed by atoms with Crippen LogP contribution in [0.4, 0.5) is 0 Å². The predicted octanol–water partition coefficient (Wildman–Crippen LogP) is 0.633. The number of aromatic nitrogens is 1. The lowest BCUT2D eigenvalue weighted by Gasteiger charge is -2.29. The van der Waals surface area contributed by atoms with Crippen molar-refractivity contribution in [2.75, 3.05) is 6.54 Å². The number of hydrogen-bond acceptors (Lipinski definition) is 3. The fourth-order valence-corrected chi connectivity index (χ4v) is 1.68. The summed E-state index contributed by atoms with van der Waals surface area (Å²) in [4.78, 5) is 23.5. The molecule has 0 spiro atoms. The zero-order valence-corrected chi connectivity index (χ0v) is 11.2. The van der Waals surface area contributed by atoms with Crippen LogP contribution in [-0.4, -0.2) is 22.6 Å². The van der Waals surface area contributed by atoms with Crippen molar-refractivity contribution in [3.63, 3.8) is 0 Å². The van der Waals surface area contributed by atoms with Crippen LogP contribution in [-0.2, 0) is 7.05 Å². The molecule has 1 rings (SSSR count). The van der Waals surface area contributed by atoms with Crippen molar-refractivity contribution in [2.45, 2.75) is 32.2 Å². The van der Waals surface area contributed by atoms with Crippen LogP contribution in [0.15, 0.2) is 23.1 Å². The molecule has 0 saturated carbocycles. The molecule has 1 aromatic rings. The summed E-state index contributed by atoms with van der Waals surface area (Å²) in [6, 6.07) is 2.98. The highest BCUT2D eigenvalue weighted by molar-refractivity contribution is 5.94. The zero-order valence-electron chi connectivity index (χ0n) is 11.2. The van der Waals surface area contributed by atoms with Crippen LogP contribution < -0.4 is 16.6 Å². The van der Waals surface area contributed by atoms with Gasteiger partial charge in [0.1, 0.15) is 0 Å². The highest BCUT2D eigenvalue weighted by Gasteiger charge is 2.23. The standard InChI is InChI=1S/C13H21N3O2/c1-4-13(2,6-7-14)15-12(18)10-5-8-16(3)11(17)9-10/h5,8-9H,4,6-7,14H2,1-3H3,(H,15,18). The second-order valence-electron chi connectivity index (χ2n) is 4.77. The van der Waals surface area contributed by atoms with E-state index in [1.54, 1.807) is 19.3 Å². The third-order valence-corrected chi connectivity index (χ3v) is 3.26. The second kappa shape index (κ2) is 5.82. The average molecular weight is 251 g/mol. The van der Waals surface area contributed by atoms with E-state index in [2.05, 4.69) is 5.32 Å². The molecule has 0 aromatic carbocycles. The molecule has 0 aliphatic rings. The summed E-state index contributed by atoms with van der Waals surface area (Å²) in [5, 5.41) is 2.94. The number of hydrogen-bond donors (Lipinski definition) is 2. The molecule has 1 heterocycles. The summed E-state index contributed by atoms with van der Waals surface area (Å²) >= 11 is 0. The molecule has 0 aliphatic carbocycles. The van der Waals surface area contributed by atoms with Gasteiger partial charge in [-0.2, -0.15) is 0 Å². The van der Waals surface area contributed by atoms with Crippen molar-refractivity contribution in [1.29, 1.82) is 0 Å². The van der Waals surface area contributed by atoms with Crippen LogP contribution in [0.5, 0.6) is 0 Å². The zero-order chi connectivity index (χ0) is 13.8. The van der Waals surface area contributed by atoms with Gasteiger partial charge in [-0.25, -0.2) is 0 Å². The number of aryl methyl sites for hydroxylation is 1. The minimum atomic E-state index is -0.326. The van der Waals surface area contributed by atoms with Crippen molar-refractivity contribution in [1.82, 2.24) is 9.88 Å². The number of nitrogens with two attached hydrogens (primary N) is 1. The van der Waals surface area contributed by atoms with Crippen LogP contribution >= 0.6 is 0 Å². The minimum absolute atomic E-state index is 0.195. The first-order valence-electron chi connectivity index (χ1n) is 6.11. The first-order chi connectivity index (χ1) is 8.41. The molecular weight excluding hydrogens is 230 g/mol. The fourth-order valence-electron chi connectivity index (χ4n) is 1.68. The van der Waals surface area contributed by atoms with Gasteiger partial charge in [0.15, 0.2) is 0 Å². The molecule has 1 atom stereocenters. The van der Waals surface area contributed by atoms with Gasteiger partial charge in [-0.1, -0.05) is 6.92 Å². The maximum Gasteiger partial charge on any atom is 0.251 e. The van der Waals surface area contributed by atoms with Crippen LogP contribution in [0, 0.1) is 0 Å². The van der Waals surface area contributed by atoms with Crippen molar-refractivity contribution in [2.24, 2.45) is 12.8 Å². The topological polar surface area (TPSA) is 77.1 Å². The third-order valence-electron chi connectivity index (χ3n) is 3.26. The number of nitrogens with one attached hydrogen (secondary N) is 1. The van der Waals surface area contributed by atoms with E-state index in [0.29, 0.717) is 18.5 Å². The number of nitrogens with zero attached hydrogens (tertiary/aromatic N) is 1. The fraction of sp³-hybridized carbons (Fsp3) is 0.538. The first kappa shape index (κ1) is 14.4. The van der Waals surface area contributed by atoms with E-state index in [1.807, 2.05) is 13.8 Å². The third kappa shape index (κ3) is 3.43. The second-order valence-corrected chi connectivity index (χ2v) is 4.77. The van der Waals surface area contributed by atoms with Gasteiger partial charge >= 0.3 is 0 Å². The molecule has 0 radical (unpaired) electrons. The van der Waals surface area contributed by atoms with E-state index in [1.165, 1.54) is 10.6 Å². The predicted molar refractivity (Wildman–Crippen MR) is 71.5 cm³/mol. The number of pyridine rings is 1. The van der Waals surface area contributed by atoms with E-state index < -0.39 is 0 Å². The summed E-state index contributed by atoms with van der Waals surface area (Å²) in [7, 11) is 1.65. The molecule has 1 unspecified atom stereocenters. The molecule has 0 aliphatic heterocycles. The Balaban J connectivity index is 2.87. The van der Waals surface area contributed by atoms with Crippen LogP contribution in [0.3, 0.4) is 0 Å². The molecule has 1 amide bonds. The van der Waals surface area contributed by atoms with Gasteiger partial charge in [-0.3, -0.25) is 9.59 Å². The lowest BCUT2D eigenvalue weighted by atomic mass is 9.94. The largest absolute Gasteiger partial charge is 0.347 e. The number of amides is 1. The molecule has 0 saturated heterocycles. The molecule has 3 N–H and O–H groups in total. The lowest BCUT2D eigenvalue weighted by molar-refractivity contribution is 0.0899. The molecule has 18 heavy (non-hydrogen) atoms. The summed E-state index contributed by atoms with van der Waals surface area (Å²) in [6.45, 7) is 4.47. The van der Waals surface area contributed by atoms with Gasteiger partial charge in [-0.05, 0) is 32.4 Å². The summed E-state index contributed by atoms with van der Waals surface area (Å²) < 4.78 is 1.43. The van der Waals surface area contributed by atoms with Gasteiger partial charge in [0.2, 0.25) is 0 Å². The number of carbonyl (C=O) groups excluding carboxylic acids is 1. The molecular formula is C13H21N3O2. The van der Waals surface area contributed by atoms with Crippen molar-refractivity contribution in [3.05, 3.63) is 34.2 Å². The van der Waals surface area contributed by atoms with Crippen molar-refractivity contribution in [3.8, 4) is 0 Å². The Kier molecular flexibility index (Phi) is 4.67. The van der Waals surface area contributed by atoms with Gasteiger partial charge < -0.3 is 15.6 Å². The Hall–Kier alpha value is -1.62. The maximum absolute atomic E-state index is 12.1. The first-order valence-corrected chi connectivity index (χ1v) is 6.11. The number of carbonyl (C=O) groups is 1. The smallest absolute Gasteiger partial charge is 0.251 e. The molecule has 0 fully saturated rings. The quantitative estimate of drug-likeness (QED) is 0.806. The molecule has 5 nitrogen and oxygen atoms in total. The van der Waals surface area contributed by atoms with Gasteiger partial charge in [0.25, 0.3) is 11.5 Å². The Labute approximate surface area is 107 Å². The molecule has 0 bridgehead atoms. The maximum atomic E-state index is 12.1. The molecule has 1 aromatic heterocycles. The Morgan fingerprint density at radius 1 is 1.56 bits per heavy atom. The van der Waals surface area contributed by atoms with Gasteiger partial charge in [0.05, 0.1) is 0 Å². The SMILES string of the molecule is CCC(C)(CCN)NC(=O)c1ccn(C)c(=O)c1. The Morgan fingerprint density at radius 3 is 2.72 bits per heavy atom. The van der Waals surface area contributed by atoms with E-state index >= 15 is 0 Å². The highest BCUT2D eigenvalue weighted by atomic mass is 16.2. The highest BCUT2D eigenvalue weighted by Crippen LogP contribution is 2.14. The van der Waals surface area contributed by atoms with E-state index in [-0.39, 0.29) is 17.0 Å². The van der Waals surface area contributed by atoms with E-state index in [9.17, 15) is 9.59 Å². The average Bonchev–Trinajstić information content (AvgIpc) is 2.32. The van der Waals surface area contributed by atoms with E-state index in [0.717, 1.165) is 6.42 Å². The minimum Gasteiger partial charge on any atom is -0.347 e. The number of rotatable bonds is 5. The molecule has 100 valence electrons. The van der Waals surface area contributed by atoms with Gasteiger partial charge in [-0.15, -0.1) is 0 Å². The van der Waals surface area contributed by atoms with Gasteiger partial charge in [0, 0.05) is 30.4 Å². The van der Waals surface area contributed by atoms with E-state index in [4.69, 9.17) is 5.73 Å². The Bertz CT molecular complexity index is 481. The van der Waals surface area contributed by atoms with Crippen molar-refractivity contribution >= 4 is 5.91 Å². The monoisotopic (exact) mass is 251 g/mol.